The molecule has 160 valence electrons. The van der Waals surface area contributed by atoms with Crippen LogP contribution in [0.2, 0.25) is 0 Å². The number of thioether (sulfide) groups is 1. The number of fused-ring (bicyclic) bond motifs is 1. The second-order valence-corrected chi connectivity index (χ2v) is 9.09. The van der Waals surface area contributed by atoms with Crippen molar-refractivity contribution in [3.05, 3.63) is 58.0 Å². The molecule has 1 N–H and O–H groups in total. The number of hydrogen-bond donors (Lipinski definition) is 1. The molecule has 0 radical (unpaired) electrons. The summed E-state index contributed by atoms with van der Waals surface area (Å²) in [6.45, 7) is 4.60. The van der Waals surface area contributed by atoms with E-state index in [2.05, 4.69) is 5.32 Å². The number of nitrogens with zero attached hydrogens (tertiary/aromatic N) is 1. The lowest BCUT2D eigenvalue weighted by Gasteiger charge is -2.14. The van der Waals surface area contributed by atoms with Gasteiger partial charge in [-0.15, -0.1) is 0 Å². The van der Waals surface area contributed by atoms with Crippen LogP contribution >= 0.6 is 24.0 Å². The van der Waals surface area contributed by atoms with Gasteiger partial charge in [-0.1, -0.05) is 47.7 Å². The molecule has 2 aliphatic heterocycles. The number of carbonyl (C=O) groups excluding carboxylic acids is 2. The Morgan fingerprint density at radius 1 is 1.19 bits per heavy atom. The molecule has 0 aliphatic carbocycles. The average molecular weight is 455 g/mol. The summed E-state index contributed by atoms with van der Waals surface area (Å²) in [6, 6.07) is 11.4. The number of thiocarbonyl (C=S) groups is 1. The number of rotatable bonds is 6. The van der Waals surface area contributed by atoms with Gasteiger partial charge in [0.15, 0.2) is 11.5 Å². The average Bonchev–Trinajstić information content (AvgIpc) is 3.29. The molecule has 4 rings (SSSR count). The maximum Gasteiger partial charge on any atom is 0.266 e. The minimum absolute atomic E-state index is 0.0757. The fraction of sp³-hybridized carbons (Fsp3) is 0.261. The topological polar surface area (TPSA) is 67.9 Å². The van der Waals surface area contributed by atoms with Gasteiger partial charge in [0.1, 0.15) is 4.32 Å². The summed E-state index contributed by atoms with van der Waals surface area (Å²) in [7, 11) is 0. The fourth-order valence-electron chi connectivity index (χ4n) is 3.41. The number of amides is 2. The van der Waals surface area contributed by atoms with E-state index >= 15 is 0 Å². The number of anilines is 1. The van der Waals surface area contributed by atoms with Crippen molar-refractivity contribution in [3.8, 4) is 11.5 Å². The lowest BCUT2D eigenvalue weighted by atomic mass is 10.1. The molecule has 2 heterocycles. The lowest BCUT2D eigenvalue weighted by Crippen LogP contribution is -2.29. The van der Waals surface area contributed by atoms with E-state index in [-0.39, 0.29) is 18.6 Å². The van der Waals surface area contributed by atoms with E-state index < -0.39 is 0 Å². The van der Waals surface area contributed by atoms with Gasteiger partial charge in [-0.05, 0) is 55.7 Å². The molecule has 0 aromatic heterocycles. The van der Waals surface area contributed by atoms with Crippen molar-refractivity contribution in [2.24, 2.45) is 0 Å². The molecule has 0 spiro atoms. The first kappa shape index (κ1) is 21.4. The third-order valence-electron chi connectivity index (χ3n) is 5.01. The van der Waals surface area contributed by atoms with Crippen LogP contribution in [0.3, 0.4) is 0 Å². The molecule has 2 aliphatic rings. The van der Waals surface area contributed by atoms with E-state index in [0.717, 1.165) is 22.4 Å². The van der Waals surface area contributed by atoms with Gasteiger partial charge in [0.2, 0.25) is 12.7 Å². The van der Waals surface area contributed by atoms with Crippen molar-refractivity contribution in [1.82, 2.24) is 4.90 Å². The van der Waals surface area contributed by atoms with Crippen LogP contribution in [0.4, 0.5) is 5.69 Å². The Bertz CT molecular complexity index is 1100. The SMILES string of the molecule is Cc1ccc(NC(=O)CCCN2C(=O)/C(=C/c3ccc4c(c3)OCO4)SC2=S)c(C)c1. The number of aryl methyl sites for hydroxylation is 2. The van der Waals surface area contributed by atoms with Crippen LogP contribution in [-0.4, -0.2) is 34.4 Å². The van der Waals surface area contributed by atoms with Crippen molar-refractivity contribution in [1.29, 1.82) is 0 Å². The number of hydrogen-bond acceptors (Lipinski definition) is 6. The quantitative estimate of drug-likeness (QED) is 0.506. The van der Waals surface area contributed by atoms with Crippen molar-refractivity contribution in [3.63, 3.8) is 0 Å². The summed E-state index contributed by atoms with van der Waals surface area (Å²) in [6.07, 6.45) is 2.64. The van der Waals surface area contributed by atoms with E-state index in [1.165, 1.54) is 11.8 Å². The number of benzene rings is 2. The Morgan fingerprint density at radius 2 is 2.00 bits per heavy atom. The van der Waals surface area contributed by atoms with Crippen molar-refractivity contribution < 1.29 is 19.1 Å². The standard InChI is InChI=1S/C23H22N2O4S2/c1-14-5-7-17(15(2)10-14)24-21(26)4-3-9-25-22(27)20(31-23(25)30)12-16-6-8-18-19(11-16)29-13-28-18/h5-8,10-12H,3-4,9,13H2,1-2H3,(H,24,26)/b20-12-. The summed E-state index contributed by atoms with van der Waals surface area (Å²) in [4.78, 5) is 27.2. The van der Waals surface area contributed by atoms with E-state index in [0.29, 0.717) is 40.1 Å². The van der Waals surface area contributed by atoms with Crippen LogP contribution in [-0.2, 0) is 9.59 Å². The van der Waals surface area contributed by atoms with E-state index in [1.807, 2.05) is 50.2 Å². The molecule has 8 heteroatoms. The number of nitrogens with one attached hydrogen (secondary N) is 1. The molecule has 2 amide bonds. The third-order valence-corrected chi connectivity index (χ3v) is 6.39. The van der Waals surface area contributed by atoms with E-state index in [9.17, 15) is 9.59 Å². The van der Waals surface area contributed by atoms with Gasteiger partial charge in [-0.25, -0.2) is 0 Å². The van der Waals surface area contributed by atoms with Crippen LogP contribution in [0.5, 0.6) is 11.5 Å². The van der Waals surface area contributed by atoms with Gasteiger partial charge < -0.3 is 14.8 Å². The highest BCUT2D eigenvalue weighted by Gasteiger charge is 2.31. The highest BCUT2D eigenvalue weighted by atomic mass is 32.2. The zero-order valence-corrected chi connectivity index (χ0v) is 18.9. The molecule has 6 nitrogen and oxygen atoms in total. The highest BCUT2D eigenvalue weighted by Crippen LogP contribution is 2.36. The second kappa shape index (κ2) is 9.11. The van der Waals surface area contributed by atoms with Gasteiger partial charge >= 0.3 is 0 Å². The van der Waals surface area contributed by atoms with E-state index in [1.54, 1.807) is 11.0 Å². The molecule has 2 aromatic carbocycles. The van der Waals surface area contributed by atoms with Crippen LogP contribution in [0.1, 0.15) is 29.5 Å². The third kappa shape index (κ3) is 4.91. The predicted molar refractivity (Wildman–Crippen MR) is 126 cm³/mol. The summed E-state index contributed by atoms with van der Waals surface area (Å²) >= 11 is 6.66. The van der Waals surface area contributed by atoms with E-state index in [4.69, 9.17) is 21.7 Å². The van der Waals surface area contributed by atoms with Crippen LogP contribution < -0.4 is 14.8 Å². The largest absolute Gasteiger partial charge is 0.454 e. The molecule has 1 fully saturated rings. The maximum atomic E-state index is 12.8. The molecular weight excluding hydrogens is 432 g/mol. The first-order chi connectivity index (χ1) is 14.9. The molecule has 0 unspecified atom stereocenters. The van der Waals surface area contributed by atoms with Crippen molar-refractivity contribution >= 4 is 51.9 Å². The number of ether oxygens (including phenoxy) is 2. The normalized spacial score (nSPS) is 16.3. The molecule has 2 aromatic rings. The second-order valence-electron chi connectivity index (χ2n) is 7.42. The van der Waals surface area contributed by atoms with Crippen molar-refractivity contribution in [2.75, 3.05) is 18.7 Å². The molecular formula is C23H22N2O4S2. The minimum atomic E-state index is -0.137. The van der Waals surface area contributed by atoms with Gasteiger partial charge in [0.05, 0.1) is 4.91 Å². The monoisotopic (exact) mass is 454 g/mol. The van der Waals surface area contributed by atoms with Crippen molar-refractivity contribution in [2.45, 2.75) is 26.7 Å². The van der Waals surface area contributed by atoms with Gasteiger partial charge in [-0.3, -0.25) is 14.5 Å². The summed E-state index contributed by atoms with van der Waals surface area (Å²) in [5, 5.41) is 2.93. The number of carbonyl (C=O) groups is 2. The molecule has 0 atom stereocenters. The smallest absolute Gasteiger partial charge is 0.266 e. The predicted octanol–water partition coefficient (Wildman–Crippen LogP) is 4.65. The highest BCUT2D eigenvalue weighted by molar-refractivity contribution is 8.26. The first-order valence-corrected chi connectivity index (χ1v) is 11.2. The van der Waals surface area contributed by atoms with Crippen LogP contribution in [0.15, 0.2) is 41.3 Å². The summed E-state index contributed by atoms with van der Waals surface area (Å²) in [5.41, 5.74) is 3.84. The maximum absolute atomic E-state index is 12.8. The molecule has 0 saturated carbocycles. The Hall–Kier alpha value is -2.84. The zero-order valence-electron chi connectivity index (χ0n) is 17.3. The Balaban J connectivity index is 1.32. The fourth-order valence-corrected chi connectivity index (χ4v) is 4.72. The first-order valence-electron chi connectivity index (χ1n) is 9.93. The molecule has 0 bridgehead atoms. The lowest BCUT2D eigenvalue weighted by molar-refractivity contribution is -0.122. The summed E-state index contributed by atoms with van der Waals surface area (Å²) in [5.74, 6) is 1.15. The van der Waals surface area contributed by atoms with Crippen LogP contribution in [0, 0.1) is 13.8 Å². The molecule has 1 saturated heterocycles. The minimum Gasteiger partial charge on any atom is -0.454 e. The zero-order chi connectivity index (χ0) is 22.0. The summed E-state index contributed by atoms with van der Waals surface area (Å²) < 4.78 is 11.2. The van der Waals surface area contributed by atoms with Crippen LogP contribution in [0.25, 0.3) is 6.08 Å². The Kier molecular flexibility index (Phi) is 6.29. The Labute approximate surface area is 190 Å². The Morgan fingerprint density at radius 3 is 2.81 bits per heavy atom. The molecule has 31 heavy (non-hydrogen) atoms. The van der Waals surface area contributed by atoms with Gasteiger partial charge in [0, 0.05) is 18.7 Å². The van der Waals surface area contributed by atoms with Gasteiger partial charge in [-0.2, -0.15) is 0 Å². The van der Waals surface area contributed by atoms with Gasteiger partial charge in [0.25, 0.3) is 5.91 Å².